The lowest BCUT2D eigenvalue weighted by atomic mass is 9.71. The lowest BCUT2D eigenvalue weighted by Gasteiger charge is -2.43. The van der Waals surface area contributed by atoms with Crippen molar-refractivity contribution in [3.05, 3.63) is 59.2 Å². The standard InChI is InChI=1S/C29H34F3N7O3/c1-28(2,3)19-6-10-21(11-7-19)39(27(41)33-20-8-12-22(13-9-20)42-29(30,31)32)24-15-5-17-16-18(4-14-23(17)24)25(40)34-26-35-37-38-36-26/h4,8-9,12-14,16,19,21,24H,5-7,10-11,15H2,1-3H3,(H,33,41)(H2,34,35,36,37,38,40). The highest BCUT2D eigenvalue weighted by atomic mass is 19.4. The largest absolute Gasteiger partial charge is 0.573 e. The summed E-state index contributed by atoms with van der Waals surface area (Å²) in [6.07, 6.45) is 0.285. The van der Waals surface area contributed by atoms with Gasteiger partial charge in [0.05, 0.1) is 6.04 Å². The molecule has 2 aromatic carbocycles. The van der Waals surface area contributed by atoms with E-state index in [0.29, 0.717) is 30.0 Å². The predicted octanol–water partition coefficient (Wildman–Crippen LogP) is 6.48. The fraction of sp³-hybridized carbons (Fsp3) is 0.483. The number of benzene rings is 2. The molecule has 3 aromatic rings. The zero-order valence-electron chi connectivity index (χ0n) is 23.7. The number of fused-ring (bicyclic) bond motifs is 1. The van der Waals surface area contributed by atoms with E-state index in [1.54, 1.807) is 6.07 Å². The van der Waals surface area contributed by atoms with Crippen molar-refractivity contribution in [2.45, 2.75) is 77.7 Å². The van der Waals surface area contributed by atoms with Gasteiger partial charge in [-0.05, 0) is 108 Å². The predicted molar refractivity (Wildman–Crippen MR) is 149 cm³/mol. The second-order valence-corrected chi connectivity index (χ2v) is 12.0. The number of amides is 3. The Balaban J connectivity index is 1.36. The van der Waals surface area contributed by atoms with E-state index >= 15 is 0 Å². The van der Waals surface area contributed by atoms with Crippen molar-refractivity contribution in [3.63, 3.8) is 0 Å². The Bertz CT molecular complexity index is 1400. The maximum Gasteiger partial charge on any atom is 0.573 e. The molecule has 10 nitrogen and oxygen atoms in total. The number of rotatable bonds is 6. The van der Waals surface area contributed by atoms with E-state index in [-0.39, 0.29) is 41.1 Å². The van der Waals surface area contributed by atoms with Crippen molar-refractivity contribution in [2.24, 2.45) is 11.3 Å². The van der Waals surface area contributed by atoms with Crippen molar-refractivity contribution >= 4 is 23.6 Å². The van der Waals surface area contributed by atoms with E-state index in [4.69, 9.17) is 0 Å². The number of halogens is 3. The van der Waals surface area contributed by atoms with Gasteiger partial charge in [-0.25, -0.2) is 9.89 Å². The van der Waals surface area contributed by atoms with Crippen LogP contribution in [-0.2, 0) is 6.42 Å². The number of tetrazole rings is 1. The summed E-state index contributed by atoms with van der Waals surface area (Å²) in [4.78, 5) is 28.5. The van der Waals surface area contributed by atoms with Gasteiger partial charge in [0.25, 0.3) is 5.91 Å². The first kappa shape index (κ1) is 29.3. The SMILES string of the molecule is CC(C)(C)C1CCC(N(C(=O)Nc2ccc(OC(F)(F)F)cc2)C2CCc3cc(C(=O)Nc4nnn[nH]4)ccc32)CC1. The average Bonchev–Trinajstić information content (AvgIpc) is 3.59. The zero-order chi connectivity index (χ0) is 30.1. The highest BCUT2D eigenvalue weighted by molar-refractivity contribution is 6.03. The van der Waals surface area contributed by atoms with E-state index in [1.807, 2.05) is 17.0 Å². The molecule has 13 heteroatoms. The summed E-state index contributed by atoms with van der Waals surface area (Å²) in [6, 6.07) is 10.1. The molecule has 1 unspecified atom stereocenters. The Morgan fingerprint density at radius 3 is 2.31 bits per heavy atom. The molecule has 0 aliphatic heterocycles. The van der Waals surface area contributed by atoms with Gasteiger partial charge in [0.15, 0.2) is 0 Å². The van der Waals surface area contributed by atoms with E-state index in [2.05, 4.69) is 56.8 Å². The maximum atomic E-state index is 13.9. The number of aromatic amines is 1. The van der Waals surface area contributed by atoms with Crippen LogP contribution in [0.2, 0.25) is 0 Å². The van der Waals surface area contributed by atoms with Crippen LogP contribution in [0.3, 0.4) is 0 Å². The minimum absolute atomic E-state index is 0.00527. The van der Waals surface area contributed by atoms with Crippen LogP contribution >= 0.6 is 0 Å². The number of nitrogens with zero attached hydrogens (tertiary/aromatic N) is 4. The Morgan fingerprint density at radius 2 is 1.69 bits per heavy atom. The third-order valence-corrected chi connectivity index (χ3v) is 8.25. The second kappa shape index (κ2) is 11.6. The minimum atomic E-state index is -4.79. The fourth-order valence-electron chi connectivity index (χ4n) is 6.13. The van der Waals surface area contributed by atoms with Crippen molar-refractivity contribution in [3.8, 4) is 5.75 Å². The monoisotopic (exact) mass is 585 g/mol. The topological polar surface area (TPSA) is 125 Å². The van der Waals surface area contributed by atoms with Gasteiger partial charge in [0.1, 0.15) is 5.75 Å². The summed E-state index contributed by atoms with van der Waals surface area (Å²) in [5.41, 5.74) is 2.97. The number of aromatic nitrogens is 4. The maximum absolute atomic E-state index is 13.9. The van der Waals surface area contributed by atoms with Crippen LogP contribution in [0, 0.1) is 11.3 Å². The highest BCUT2D eigenvalue weighted by Crippen LogP contribution is 2.44. The van der Waals surface area contributed by atoms with Gasteiger partial charge in [-0.1, -0.05) is 31.9 Å². The quantitative estimate of drug-likeness (QED) is 0.304. The number of hydrogen-bond acceptors (Lipinski definition) is 6. The molecule has 1 heterocycles. The van der Waals surface area contributed by atoms with Crippen LogP contribution in [0.4, 0.5) is 29.6 Å². The molecule has 2 aliphatic carbocycles. The van der Waals surface area contributed by atoms with Crippen LogP contribution in [0.1, 0.15) is 80.4 Å². The number of urea groups is 1. The molecule has 0 saturated heterocycles. The zero-order valence-corrected chi connectivity index (χ0v) is 23.7. The number of alkyl halides is 3. The smallest absolute Gasteiger partial charge is 0.406 e. The van der Waals surface area contributed by atoms with Crippen molar-refractivity contribution < 1.29 is 27.5 Å². The number of H-pyrrole nitrogens is 1. The molecule has 0 spiro atoms. The fourth-order valence-corrected chi connectivity index (χ4v) is 6.13. The summed E-state index contributed by atoms with van der Waals surface area (Å²) in [7, 11) is 0. The van der Waals surface area contributed by atoms with E-state index < -0.39 is 6.36 Å². The van der Waals surface area contributed by atoms with Crippen LogP contribution < -0.4 is 15.4 Å². The summed E-state index contributed by atoms with van der Waals surface area (Å²) in [5, 5.41) is 18.6. The first-order chi connectivity index (χ1) is 19.9. The summed E-state index contributed by atoms with van der Waals surface area (Å²) in [5.74, 6) is -0.0174. The van der Waals surface area contributed by atoms with E-state index in [9.17, 15) is 22.8 Å². The summed E-state index contributed by atoms with van der Waals surface area (Å²) in [6.45, 7) is 6.73. The first-order valence-corrected chi connectivity index (χ1v) is 14.0. The molecular weight excluding hydrogens is 551 g/mol. The first-order valence-electron chi connectivity index (χ1n) is 14.0. The Hall–Kier alpha value is -4.16. The molecule has 1 saturated carbocycles. The average molecular weight is 586 g/mol. The third-order valence-electron chi connectivity index (χ3n) is 8.25. The van der Waals surface area contributed by atoms with Gasteiger partial charge < -0.3 is 15.0 Å². The van der Waals surface area contributed by atoms with Crippen molar-refractivity contribution in [1.82, 2.24) is 25.5 Å². The molecule has 42 heavy (non-hydrogen) atoms. The van der Waals surface area contributed by atoms with Crippen LogP contribution in [0.15, 0.2) is 42.5 Å². The summed E-state index contributed by atoms with van der Waals surface area (Å²) < 4.78 is 41.7. The molecule has 1 fully saturated rings. The minimum Gasteiger partial charge on any atom is -0.406 e. The molecule has 0 bridgehead atoms. The number of nitrogens with one attached hydrogen (secondary N) is 3. The van der Waals surface area contributed by atoms with E-state index in [0.717, 1.165) is 36.8 Å². The van der Waals surface area contributed by atoms with Gasteiger partial charge in [0, 0.05) is 17.3 Å². The molecule has 3 amide bonds. The van der Waals surface area contributed by atoms with Gasteiger partial charge >= 0.3 is 12.4 Å². The lowest BCUT2D eigenvalue weighted by Crippen LogP contribution is -2.47. The van der Waals surface area contributed by atoms with Crippen molar-refractivity contribution in [2.75, 3.05) is 10.6 Å². The van der Waals surface area contributed by atoms with Crippen molar-refractivity contribution in [1.29, 1.82) is 0 Å². The number of aryl methyl sites for hydroxylation is 1. The molecular formula is C29H34F3N7O3. The Kier molecular flexibility index (Phi) is 8.11. The van der Waals surface area contributed by atoms with Gasteiger partial charge in [0.2, 0.25) is 5.95 Å². The molecule has 5 rings (SSSR count). The van der Waals surface area contributed by atoms with Crippen LogP contribution in [0.25, 0.3) is 0 Å². The number of hydrogen-bond donors (Lipinski definition) is 3. The Labute approximate surface area is 241 Å². The number of anilines is 2. The number of carbonyl (C=O) groups excluding carboxylic acids is 2. The normalized spacial score (nSPS) is 20.5. The van der Waals surface area contributed by atoms with Gasteiger partial charge in [-0.15, -0.1) is 13.2 Å². The van der Waals surface area contributed by atoms with Gasteiger partial charge in [-0.3, -0.25) is 10.1 Å². The molecule has 0 radical (unpaired) electrons. The summed E-state index contributed by atoms with van der Waals surface area (Å²) >= 11 is 0. The lowest BCUT2D eigenvalue weighted by molar-refractivity contribution is -0.274. The highest BCUT2D eigenvalue weighted by Gasteiger charge is 2.39. The molecule has 3 N–H and O–H groups in total. The third kappa shape index (κ3) is 6.82. The van der Waals surface area contributed by atoms with Crippen LogP contribution in [0.5, 0.6) is 5.75 Å². The molecule has 1 aromatic heterocycles. The Morgan fingerprint density at radius 1 is 0.976 bits per heavy atom. The molecule has 1 atom stereocenters. The number of ether oxygens (including phenoxy) is 1. The van der Waals surface area contributed by atoms with Gasteiger partial charge in [-0.2, -0.15) is 0 Å². The molecule has 224 valence electrons. The second-order valence-electron chi connectivity index (χ2n) is 12.0. The number of carbonyl (C=O) groups is 2. The van der Waals surface area contributed by atoms with E-state index in [1.165, 1.54) is 24.3 Å². The molecule has 2 aliphatic rings. The van der Waals surface area contributed by atoms with Crippen LogP contribution in [-0.4, -0.2) is 49.9 Å².